The van der Waals surface area contributed by atoms with Crippen molar-refractivity contribution in [2.45, 2.75) is 19.0 Å². The van der Waals surface area contributed by atoms with Gasteiger partial charge in [0.1, 0.15) is 18.4 Å². The van der Waals surface area contributed by atoms with Gasteiger partial charge < -0.3 is 20.5 Å². The summed E-state index contributed by atoms with van der Waals surface area (Å²) in [6.07, 6.45) is 0.594. The van der Waals surface area contributed by atoms with Gasteiger partial charge in [0, 0.05) is 4.88 Å². The first-order chi connectivity index (χ1) is 8.04. The zero-order chi connectivity index (χ0) is 12.8. The van der Waals surface area contributed by atoms with Crippen LogP contribution in [0.1, 0.15) is 17.8 Å². The molecule has 0 fully saturated rings. The second-order valence-electron chi connectivity index (χ2n) is 3.31. The van der Waals surface area contributed by atoms with Gasteiger partial charge in [-0.25, -0.2) is 4.79 Å². The van der Waals surface area contributed by atoms with E-state index >= 15 is 0 Å². The molecule has 1 heterocycles. The maximum Gasteiger partial charge on any atom is 0.325 e. The lowest BCUT2D eigenvalue weighted by molar-refractivity contribution is -0.138. The molecule has 0 bridgehead atoms. The van der Waals surface area contributed by atoms with Crippen molar-refractivity contribution in [3.8, 4) is 0 Å². The smallest absolute Gasteiger partial charge is 0.325 e. The van der Waals surface area contributed by atoms with Crippen molar-refractivity contribution in [2.75, 3.05) is 0 Å². The Bertz CT molecular complexity index is 404. The van der Waals surface area contributed by atoms with Crippen molar-refractivity contribution in [3.63, 3.8) is 0 Å². The summed E-state index contributed by atoms with van der Waals surface area (Å²) in [7, 11) is 0. The maximum atomic E-state index is 11.4. The number of carboxylic acid groups (broad SMARTS) is 1. The standard InChI is InChI=1S/C10H12N2O4S/c1-6(9(14)15)11-10(16)12-7(5-13)8-3-2-4-17-8/h2-7H,1H3,(H,14,15)(H2,11,12,16). The highest BCUT2D eigenvalue weighted by atomic mass is 32.1. The van der Waals surface area contributed by atoms with Crippen molar-refractivity contribution >= 4 is 29.6 Å². The Morgan fingerprint density at radius 2 is 2.18 bits per heavy atom. The summed E-state index contributed by atoms with van der Waals surface area (Å²) in [4.78, 5) is 33.4. The number of carboxylic acids is 1. The van der Waals surface area contributed by atoms with Gasteiger partial charge in [0.25, 0.3) is 0 Å². The molecule has 0 aliphatic heterocycles. The number of aliphatic carboxylic acids is 1. The van der Waals surface area contributed by atoms with Crippen molar-refractivity contribution in [3.05, 3.63) is 22.4 Å². The number of urea groups is 1. The third kappa shape index (κ3) is 3.87. The maximum absolute atomic E-state index is 11.4. The molecule has 92 valence electrons. The van der Waals surface area contributed by atoms with Crippen LogP contribution in [0.2, 0.25) is 0 Å². The van der Waals surface area contributed by atoms with Gasteiger partial charge in [0.2, 0.25) is 0 Å². The van der Waals surface area contributed by atoms with Crippen LogP contribution in [0.5, 0.6) is 0 Å². The fourth-order valence-electron chi connectivity index (χ4n) is 1.08. The Morgan fingerprint density at radius 3 is 2.65 bits per heavy atom. The van der Waals surface area contributed by atoms with Gasteiger partial charge in [-0.15, -0.1) is 11.3 Å². The average Bonchev–Trinajstić information content (AvgIpc) is 2.78. The quantitative estimate of drug-likeness (QED) is 0.678. The van der Waals surface area contributed by atoms with Gasteiger partial charge >= 0.3 is 12.0 Å². The number of carbonyl (C=O) groups is 3. The molecule has 0 aliphatic carbocycles. The molecule has 1 aromatic heterocycles. The first kappa shape index (κ1) is 13.2. The summed E-state index contributed by atoms with van der Waals surface area (Å²) < 4.78 is 0. The Kier molecular flexibility index (Phi) is 4.65. The molecule has 2 unspecified atom stereocenters. The SMILES string of the molecule is CC(NC(=O)NC(C=O)c1cccs1)C(=O)O. The van der Waals surface area contributed by atoms with E-state index in [1.807, 2.05) is 0 Å². The molecule has 7 heteroatoms. The van der Waals surface area contributed by atoms with E-state index < -0.39 is 24.1 Å². The molecule has 0 aliphatic rings. The number of nitrogens with one attached hydrogen (secondary N) is 2. The molecule has 3 N–H and O–H groups in total. The minimum absolute atomic E-state index is 0.594. The van der Waals surface area contributed by atoms with E-state index in [2.05, 4.69) is 10.6 Å². The number of thiophene rings is 1. The number of carbonyl (C=O) groups excluding carboxylic acids is 2. The van der Waals surface area contributed by atoms with Gasteiger partial charge in [-0.1, -0.05) is 6.07 Å². The fraction of sp³-hybridized carbons (Fsp3) is 0.300. The molecule has 2 atom stereocenters. The normalized spacial score (nSPS) is 13.5. The Hall–Kier alpha value is -1.89. The first-order valence-corrected chi connectivity index (χ1v) is 5.71. The van der Waals surface area contributed by atoms with Crippen LogP contribution in [0.25, 0.3) is 0 Å². The largest absolute Gasteiger partial charge is 0.480 e. The number of aldehydes is 1. The molecule has 6 nitrogen and oxygen atoms in total. The lowest BCUT2D eigenvalue weighted by Gasteiger charge is -2.14. The minimum Gasteiger partial charge on any atom is -0.480 e. The third-order valence-electron chi connectivity index (χ3n) is 1.99. The number of hydrogen-bond acceptors (Lipinski definition) is 4. The van der Waals surface area contributed by atoms with Crippen molar-refractivity contribution in [1.82, 2.24) is 10.6 Å². The molecule has 0 aromatic carbocycles. The van der Waals surface area contributed by atoms with E-state index in [0.29, 0.717) is 11.2 Å². The molecule has 0 spiro atoms. The fourth-order valence-corrected chi connectivity index (χ4v) is 1.81. The monoisotopic (exact) mass is 256 g/mol. The Balaban J connectivity index is 2.55. The second-order valence-corrected chi connectivity index (χ2v) is 4.29. The molecule has 0 saturated heterocycles. The van der Waals surface area contributed by atoms with Crippen LogP contribution >= 0.6 is 11.3 Å². The molecule has 1 aromatic rings. The van der Waals surface area contributed by atoms with Crippen LogP contribution in [-0.2, 0) is 9.59 Å². The van der Waals surface area contributed by atoms with Crippen molar-refractivity contribution in [2.24, 2.45) is 0 Å². The summed E-state index contributed by atoms with van der Waals surface area (Å²) in [5.74, 6) is -1.14. The number of amides is 2. The average molecular weight is 256 g/mol. The first-order valence-electron chi connectivity index (χ1n) is 4.83. The zero-order valence-corrected chi connectivity index (χ0v) is 9.86. The molecule has 1 rings (SSSR count). The van der Waals surface area contributed by atoms with Gasteiger partial charge in [-0.3, -0.25) is 4.79 Å². The predicted molar refractivity (Wildman–Crippen MR) is 61.9 cm³/mol. The Morgan fingerprint density at radius 1 is 1.47 bits per heavy atom. The van der Waals surface area contributed by atoms with Gasteiger partial charge in [0.15, 0.2) is 0 Å². The predicted octanol–water partition coefficient (Wildman–Crippen LogP) is 0.760. The summed E-state index contributed by atoms with van der Waals surface area (Å²) in [5.41, 5.74) is 0. The summed E-state index contributed by atoms with van der Waals surface area (Å²) in [6, 6.07) is 1.02. The van der Waals surface area contributed by atoms with E-state index in [1.54, 1.807) is 17.5 Å². The summed E-state index contributed by atoms with van der Waals surface area (Å²) in [5, 5.41) is 15.0. The highest BCUT2D eigenvalue weighted by Crippen LogP contribution is 2.16. The third-order valence-corrected chi connectivity index (χ3v) is 2.95. The van der Waals surface area contributed by atoms with Gasteiger partial charge in [-0.05, 0) is 18.4 Å². The van der Waals surface area contributed by atoms with E-state index in [4.69, 9.17) is 5.11 Å². The van der Waals surface area contributed by atoms with Crippen LogP contribution in [0.3, 0.4) is 0 Å². The molecule has 2 amide bonds. The minimum atomic E-state index is -1.14. The topological polar surface area (TPSA) is 95.5 Å². The van der Waals surface area contributed by atoms with Crippen LogP contribution in [-0.4, -0.2) is 29.4 Å². The molecule has 0 saturated carbocycles. The molecular weight excluding hydrogens is 244 g/mol. The van der Waals surface area contributed by atoms with E-state index in [1.165, 1.54) is 18.3 Å². The number of rotatable bonds is 5. The van der Waals surface area contributed by atoms with Crippen molar-refractivity contribution < 1.29 is 19.5 Å². The van der Waals surface area contributed by atoms with E-state index in [0.717, 1.165) is 0 Å². The Labute approximate surface area is 102 Å². The summed E-state index contributed by atoms with van der Waals surface area (Å²) >= 11 is 1.33. The van der Waals surface area contributed by atoms with Crippen LogP contribution in [0, 0.1) is 0 Å². The zero-order valence-electron chi connectivity index (χ0n) is 9.04. The van der Waals surface area contributed by atoms with Crippen molar-refractivity contribution in [1.29, 1.82) is 0 Å². The van der Waals surface area contributed by atoms with Crippen LogP contribution in [0.4, 0.5) is 4.79 Å². The second kappa shape index (κ2) is 6.00. The lowest BCUT2D eigenvalue weighted by Crippen LogP contribution is -2.45. The highest BCUT2D eigenvalue weighted by molar-refractivity contribution is 7.10. The van der Waals surface area contributed by atoms with E-state index in [-0.39, 0.29) is 0 Å². The number of hydrogen-bond donors (Lipinski definition) is 3. The molecule has 17 heavy (non-hydrogen) atoms. The molecular formula is C10H12N2O4S. The molecule has 0 radical (unpaired) electrons. The lowest BCUT2D eigenvalue weighted by atomic mass is 10.2. The van der Waals surface area contributed by atoms with E-state index in [9.17, 15) is 14.4 Å². The van der Waals surface area contributed by atoms with Crippen LogP contribution in [0.15, 0.2) is 17.5 Å². The van der Waals surface area contributed by atoms with Gasteiger partial charge in [-0.2, -0.15) is 0 Å². The van der Waals surface area contributed by atoms with Gasteiger partial charge in [0.05, 0.1) is 0 Å². The summed E-state index contributed by atoms with van der Waals surface area (Å²) in [6.45, 7) is 1.34. The van der Waals surface area contributed by atoms with Crippen LogP contribution < -0.4 is 10.6 Å². The highest BCUT2D eigenvalue weighted by Gasteiger charge is 2.18.